The number of carbonyl (C=O) groups excluding carboxylic acids is 1. The van der Waals surface area contributed by atoms with Crippen LogP contribution in [0.1, 0.15) is 29.8 Å². The number of morpholine rings is 1. The van der Waals surface area contributed by atoms with Gasteiger partial charge in [-0.3, -0.25) is 4.79 Å². The summed E-state index contributed by atoms with van der Waals surface area (Å²) in [7, 11) is 4.68. The van der Waals surface area contributed by atoms with Crippen LogP contribution in [0.15, 0.2) is 17.2 Å². The van der Waals surface area contributed by atoms with E-state index in [0.29, 0.717) is 42.0 Å². The van der Waals surface area contributed by atoms with Crippen LogP contribution < -0.4 is 19.1 Å². The number of ether oxygens (including phenoxy) is 4. The summed E-state index contributed by atoms with van der Waals surface area (Å²) >= 11 is 8.03. The molecule has 1 amide bonds. The van der Waals surface area contributed by atoms with Crippen LogP contribution in [0.4, 0.5) is 5.13 Å². The standard InChI is InChI=1S/C21H25ClN4O5S/c1-12(27)26-15(19-20(22)23-21(32-19)25-5-7-31-8-6-25)11-14(24-26)13-9-16(28-2)18(30-4)17(10-13)29-3/h9-10,15H,5-8,11H2,1-4H3. The Kier molecular flexibility index (Phi) is 6.73. The van der Waals surface area contributed by atoms with E-state index in [1.54, 1.807) is 21.3 Å². The Bertz CT molecular complexity index is 1010. The third kappa shape index (κ3) is 4.22. The van der Waals surface area contributed by atoms with E-state index in [4.69, 9.17) is 30.5 Å². The number of carbonyl (C=O) groups is 1. The van der Waals surface area contributed by atoms with Crippen molar-refractivity contribution in [1.29, 1.82) is 0 Å². The van der Waals surface area contributed by atoms with Gasteiger partial charge in [-0.2, -0.15) is 5.10 Å². The smallest absolute Gasteiger partial charge is 0.240 e. The largest absolute Gasteiger partial charge is 0.493 e. The highest BCUT2D eigenvalue weighted by Crippen LogP contribution is 2.44. The average Bonchev–Trinajstić information content (AvgIpc) is 3.42. The first-order valence-electron chi connectivity index (χ1n) is 10.1. The van der Waals surface area contributed by atoms with E-state index in [1.165, 1.54) is 23.3 Å². The third-order valence-corrected chi connectivity index (χ3v) is 7.03. The number of rotatable bonds is 6. The zero-order chi connectivity index (χ0) is 22.8. The van der Waals surface area contributed by atoms with E-state index < -0.39 is 0 Å². The zero-order valence-electron chi connectivity index (χ0n) is 18.4. The van der Waals surface area contributed by atoms with Crippen LogP contribution in [0, 0.1) is 0 Å². The number of hydrogen-bond donors (Lipinski definition) is 0. The molecule has 32 heavy (non-hydrogen) atoms. The summed E-state index contributed by atoms with van der Waals surface area (Å²) in [6, 6.07) is 3.32. The Labute approximate surface area is 195 Å². The molecule has 0 N–H and O–H groups in total. The summed E-state index contributed by atoms with van der Waals surface area (Å²) < 4.78 is 21.8. The second-order valence-corrected chi connectivity index (χ2v) is 8.66. The van der Waals surface area contributed by atoms with Gasteiger partial charge in [0.25, 0.3) is 0 Å². The Morgan fingerprint density at radius 3 is 2.38 bits per heavy atom. The second kappa shape index (κ2) is 9.51. The fraction of sp³-hybridized carbons (Fsp3) is 0.476. The quantitative estimate of drug-likeness (QED) is 0.626. The third-order valence-electron chi connectivity index (χ3n) is 5.41. The Morgan fingerprint density at radius 2 is 1.81 bits per heavy atom. The molecule has 3 heterocycles. The van der Waals surface area contributed by atoms with Crippen molar-refractivity contribution in [3.05, 3.63) is 27.7 Å². The van der Waals surface area contributed by atoms with E-state index in [9.17, 15) is 4.79 Å². The Hall–Kier alpha value is -2.56. The van der Waals surface area contributed by atoms with Gasteiger partial charge in [-0.05, 0) is 12.1 Å². The summed E-state index contributed by atoms with van der Waals surface area (Å²) in [6.07, 6.45) is 0.489. The maximum Gasteiger partial charge on any atom is 0.240 e. The first-order chi connectivity index (χ1) is 15.5. The van der Waals surface area contributed by atoms with E-state index in [-0.39, 0.29) is 11.9 Å². The summed E-state index contributed by atoms with van der Waals surface area (Å²) in [5.41, 5.74) is 1.50. The molecule has 0 spiro atoms. The van der Waals surface area contributed by atoms with Crippen LogP contribution in [-0.4, -0.2) is 69.2 Å². The van der Waals surface area contributed by atoms with E-state index in [0.717, 1.165) is 34.4 Å². The van der Waals surface area contributed by atoms with Gasteiger partial charge in [-0.1, -0.05) is 22.9 Å². The normalized spacial score (nSPS) is 18.5. The lowest BCUT2D eigenvalue weighted by atomic mass is 10.0. The van der Waals surface area contributed by atoms with Crippen molar-refractivity contribution >= 4 is 39.7 Å². The van der Waals surface area contributed by atoms with Crippen LogP contribution in [0.2, 0.25) is 5.15 Å². The predicted octanol–water partition coefficient (Wildman–Crippen LogP) is 3.36. The molecular weight excluding hydrogens is 456 g/mol. The lowest BCUT2D eigenvalue weighted by Gasteiger charge is -2.26. The molecule has 2 aliphatic heterocycles. The Balaban J connectivity index is 1.67. The van der Waals surface area contributed by atoms with Gasteiger partial charge < -0.3 is 23.8 Å². The number of amides is 1. The SMILES string of the molecule is COc1cc(C2=NN(C(C)=O)C(c3sc(N4CCOCC4)nc3Cl)C2)cc(OC)c1OC. The lowest BCUT2D eigenvalue weighted by Crippen LogP contribution is -2.36. The van der Waals surface area contributed by atoms with Crippen LogP contribution in [-0.2, 0) is 9.53 Å². The molecule has 2 aliphatic rings. The van der Waals surface area contributed by atoms with Crippen molar-refractivity contribution in [2.24, 2.45) is 5.10 Å². The van der Waals surface area contributed by atoms with Crippen molar-refractivity contribution in [3.63, 3.8) is 0 Å². The molecule has 172 valence electrons. The van der Waals surface area contributed by atoms with Crippen LogP contribution >= 0.6 is 22.9 Å². The number of benzene rings is 1. The molecule has 11 heteroatoms. The van der Waals surface area contributed by atoms with Gasteiger partial charge in [-0.15, -0.1) is 0 Å². The number of methoxy groups -OCH3 is 3. The molecule has 1 atom stereocenters. The predicted molar refractivity (Wildman–Crippen MR) is 123 cm³/mol. The van der Waals surface area contributed by atoms with Crippen molar-refractivity contribution in [1.82, 2.24) is 9.99 Å². The highest BCUT2D eigenvalue weighted by molar-refractivity contribution is 7.16. The maximum atomic E-state index is 12.4. The molecule has 1 fully saturated rings. The minimum absolute atomic E-state index is 0.171. The number of halogens is 1. The monoisotopic (exact) mass is 480 g/mol. The minimum Gasteiger partial charge on any atom is -0.493 e. The van der Waals surface area contributed by atoms with Gasteiger partial charge in [0.2, 0.25) is 11.7 Å². The van der Waals surface area contributed by atoms with Crippen LogP contribution in [0.3, 0.4) is 0 Å². The fourth-order valence-corrected chi connectivity index (χ4v) is 5.29. The summed E-state index contributed by atoms with van der Waals surface area (Å²) in [5.74, 6) is 1.37. The molecule has 9 nitrogen and oxygen atoms in total. The minimum atomic E-state index is -0.332. The first-order valence-corrected chi connectivity index (χ1v) is 11.3. The summed E-state index contributed by atoms with van der Waals surface area (Å²) in [4.78, 5) is 20.0. The van der Waals surface area contributed by atoms with Gasteiger partial charge >= 0.3 is 0 Å². The molecule has 2 aromatic rings. The number of aromatic nitrogens is 1. The van der Waals surface area contributed by atoms with E-state index in [1.807, 2.05) is 12.1 Å². The number of anilines is 1. The van der Waals surface area contributed by atoms with Gasteiger partial charge in [0.15, 0.2) is 16.6 Å². The average molecular weight is 481 g/mol. The number of hydrazone groups is 1. The molecule has 1 aromatic carbocycles. The van der Waals surface area contributed by atoms with Crippen molar-refractivity contribution < 1.29 is 23.7 Å². The van der Waals surface area contributed by atoms with Crippen molar-refractivity contribution in [3.8, 4) is 17.2 Å². The van der Waals surface area contributed by atoms with Crippen LogP contribution in [0.5, 0.6) is 17.2 Å². The van der Waals surface area contributed by atoms with Crippen LogP contribution in [0.25, 0.3) is 0 Å². The van der Waals surface area contributed by atoms with Gasteiger partial charge in [-0.25, -0.2) is 9.99 Å². The lowest BCUT2D eigenvalue weighted by molar-refractivity contribution is -0.130. The first kappa shape index (κ1) is 22.6. The van der Waals surface area contributed by atoms with Gasteiger partial charge in [0.1, 0.15) is 5.15 Å². The van der Waals surface area contributed by atoms with E-state index >= 15 is 0 Å². The molecule has 4 rings (SSSR count). The number of hydrogen-bond acceptors (Lipinski definition) is 9. The molecule has 0 bridgehead atoms. The van der Waals surface area contributed by atoms with Crippen molar-refractivity contribution in [2.45, 2.75) is 19.4 Å². The highest BCUT2D eigenvalue weighted by atomic mass is 35.5. The number of nitrogens with zero attached hydrogens (tertiary/aromatic N) is 4. The second-order valence-electron chi connectivity index (χ2n) is 7.30. The van der Waals surface area contributed by atoms with Gasteiger partial charge in [0, 0.05) is 32.0 Å². The molecule has 0 saturated carbocycles. The molecule has 1 saturated heterocycles. The molecule has 1 aromatic heterocycles. The topological polar surface area (TPSA) is 85.7 Å². The maximum absolute atomic E-state index is 12.4. The molecular formula is C21H25ClN4O5S. The number of thiazole rings is 1. The zero-order valence-corrected chi connectivity index (χ0v) is 20.0. The molecule has 0 aliphatic carbocycles. The van der Waals surface area contributed by atoms with E-state index in [2.05, 4.69) is 15.0 Å². The van der Waals surface area contributed by atoms with Gasteiger partial charge in [0.05, 0.1) is 51.2 Å². The molecule has 0 radical (unpaired) electrons. The molecule has 1 unspecified atom stereocenters. The van der Waals surface area contributed by atoms with Crippen molar-refractivity contribution in [2.75, 3.05) is 52.5 Å². The fourth-order valence-electron chi connectivity index (χ4n) is 3.82. The Morgan fingerprint density at radius 1 is 1.16 bits per heavy atom. The highest BCUT2D eigenvalue weighted by Gasteiger charge is 2.36. The summed E-state index contributed by atoms with van der Waals surface area (Å²) in [6.45, 7) is 4.33. The summed E-state index contributed by atoms with van der Waals surface area (Å²) in [5, 5.41) is 7.32.